The van der Waals surface area contributed by atoms with Gasteiger partial charge in [-0.15, -0.1) is 0 Å². The van der Waals surface area contributed by atoms with E-state index in [1.165, 1.54) is 6.26 Å². The fourth-order valence-corrected chi connectivity index (χ4v) is 2.11. The van der Waals surface area contributed by atoms with Gasteiger partial charge in [-0.3, -0.25) is 4.72 Å². The minimum Gasteiger partial charge on any atom is -0.275 e. The van der Waals surface area contributed by atoms with Crippen LogP contribution in [0.5, 0.6) is 0 Å². The van der Waals surface area contributed by atoms with Crippen molar-refractivity contribution in [3.05, 3.63) is 29.3 Å². The summed E-state index contributed by atoms with van der Waals surface area (Å²) in [5, 5.41) is 0. The first-order valence-corrected chi connectivity index (χ1v) is 7.33. The normalized spacial score (nSPS) is 11.4. The van der Waals surface area contributed by atoms with E-state index < -0.39 is 9.06 Å². The Kier molecular flexibility index (Phi) is 3.44. The molecule has 0 spiro atoms. The summed E-state index contributed by atoms with van der Waals surface area (Å²) in [6.45, 7) is 3.80. The zero-order valence-corrected chi connectivity index (χ0v) is 10.00. The second-order valence-corrected chi connectivity index (χ2v) is 6.80. The fourth-order valence-electron chi connectivity index (χ4n) is 1.02. The van der Waals surface area contributed by atoms with Crippen molar-refractivity contribution in [2.24, 2.45) is 0 Å². The zero-order chi connectivity index (χ0) is 10.8. The van der Waals surface area contributed by atoms with E-state index in [-0.39, 0.29) is 0 Å². The molecule has 0 atom stereocenters. The highest BCUT2D eigenvalue weighted by atomic mass is 33.1. The van der Waals surface area contributed by atoms with Gasteiger partial charge in [0.25, 0.3) is 9.06 Å². The molecule has 1 rings (SSSR count). The quantitative estimate of drug-likeness (QED) is 0.812. The van der Waals surface area contributed by atoms with Crippen LogP contribution in [-0.4, -0.2) is 14.7 Å². The number of nitrogens with one attached hydrogen (secondary N) is 1. The molecule has 0 radical (unpaired) electrons. The first-order chi connectivity index (χ1) is 6.44. The SMILES string of the molecule is CSS(=O)(=O)Nc1cc(C)ccc1C. The maximum Gasteiger partial charge on any atom is 0.286 e. The number of hydrogen-bond donors (Lipinski definition) is 1. The maximum atomic E-state index is 11.3. The number of hydrogen-bond acceptors (Lipinski definition) is 3. The number of aryl methyl sites for hydroxylation is 2. The van der Waals surface area contributed by atoms with E-state index in [0.717, 1.165) is 21.9 Å². The Morgan fingerprint density at radius 3 is 2.50 bits per heavy atom. The highest BCUT2D eigenvalue weighted by Crippen LogP contribution is 2.20. The molecular weight excluding hydrogens is 218 g/mol. The molecule has 0 bridgehead atoms. The van der Waals surface area contributed by atoms with Crippen molar-refractivity contribution in [2.75, 3.05) is 11.0 Å². The number of benzene rings is 1. The Hall–Kier alpha value is -0.680. The third-order valence-corrected chi connectivity index (χ3v) is 4.32. The van der Waals surface area contributed by atoms with Gasteiger partial charge in [0.15, 0.2) is 0 Å². The molecule has 1 N–H and O–H groups in total. The van der Waals surface area contributed by atoms with E-state index in [1.54, 1.807) is 0 Å². The Balaban J connectivity index is 3.03. The first-order valence-electron chi connectivity index (χ1n) is 4.10. The molecule has 0 amide bonds. The van der Waals surface area contributed by atoms with Gasteiger partial charge in [0, 0.05) is 0 Å². The van der Waals surface area contributed by atoms with Crippen LogP contribution in [0, 0.1) is 13.8 Å². The fraction of sp³-hybridized carbons (Fsp3) is 0.333. The molecule has 1 aromatic carbocycles. The number of rotatable bonds is 3. The van der Waals surface area contributed by atoms with E-state index in [0.29, 0.717) is 5.69 Å². The van der Waals surface area contributed by atoms with Crippen molar-refractivity contribution in [3.8, 4) is 0 Å². The van der Waals surface area contributed by atoms with Crippen LogP contribution in [0.15, 0.2) is 18.2 Å². The van der Waals surface area contributed by atoms with E-state index in [2.05, 4.69) is 4.72 Å². The summed E-state index contributed by atoms with van der Waals surface area (Å²) in [6, 6.07) is 5.67. The largest absolute Gasteiger partial charge is 0.286 e. The molecule has 0 unspecified atom stereocenters. The van der Waals surface area contributed by atoms with Gasteiger partial charge in [-0.25, -0.2) is 0 Å². The maximum absolute atomic E-state index is 11.3. The van der Waals surface area contributed by atoms with E-state index in [1.807, 2.05) is 32.0 Å². The van der Waals surface area contributed by atoms with Crippen LogP contribution in [0.4, 0.5) is 5.69 Å². The summed E-state index contributed by atoms with van der Waals surface area (Å²) in [7, 11) is -2.45. The predicted octanol–water partition coefficient (Wildman–Crippen LogP) is 2.32. The summed E-state index contributed by atoms with van der Waals surface area (Å²) in [6.07, 6.45) is 1.54. The third kappa shape index (κ3) is 2.92. The van der Waals surface area contributed by atoms with Crippen molar-refractivity contribution in [2.45, 2.75) is 13.8 Å². The molecule has 0 saturated carbocycles. The lowest BCUT2D eigenvalue weighted by molar-refractivity contribution is 0.615. The van der Waals surface area contributed by atoms with Crippen molar-refractivity contribution >= 4 is 25.5 Å². The van der Waals surface area contributed by atoms with Crippen LogP contribution >= 0.6 is 10.8 Å². The summed E-state index contributed by atoms with van der Waals surface area (Å²) < 4.78 is 25.1. The van der Waals surface area contributed by atoms with Crippen LogP contribution in [0.2, 0.25) is 0 Å². The van der Waals surface area contributed by atoms with Crippen molar-refractivity contribution in [1.82, 2.24) is 0 Å². The molecule has 0 fully saturated rings. The molecule has 0 aromatic heterocycles. The Labute approximate surface area is 88.4 Å². The molecule has 0 aliphatic heterocycles. The van der Waals surface area contributed by atoms with Gasteiger partial charge in [0.05, 0.1) is 5.69 Å². The van der Waals surface area contributed by atoms with Gasteiger partial charge in [-0.1, -0.05) is 12.1 Å². The lowest BCUT2D eigenvalue weighted by atomic mass is 10.1. The molecule has 0 saturated heterocycles. The minimum atomic E-state index is -3.25. The van der Waals surface area contributed by atoms with Crippen LogP contribution in [0.25, 0.3) is 0 Å². The monoisotopic (exact) mass is 231 g/mol. The highest BCUT2D eigenvalue weighted by Gasteiger charge is 2.09. The topological polar surface area (TPSA) is 46.2 Å². The average Bonchev–Trinajstić information content (AvgIpc) is 2.11. The highest BCUT2D eigenvalue weighted by molar-refractivity contribution is 8.72. The van der Waals surface area contributed by atoms with Crippen LogP contribution in [0.1, 0.15) is 11.1 Å². The molecule has 0 aliphatic carbocycles. The summed E-state index contributed by atoms with van der Waals surface area (Å²) >= 11 is 0. The molecule has 78 valence electrons. The average molecular weight is 231 g/mol. The minimum absolute atomic E-state index is 0.652. The van der Waals surface area contributed by atoms with E-state index in [4.69, 9.17) is 0 Å². The molecule has 0 heterocycles. The van der Waals surface area contributed by atoms with Crippen LogP contribution in [0.3, 0.4) is 0 Å². The lowest BCUT2D eigenvalue weighted by Gasteiger charge is -2.08. The summed E-state index contributed by atoms with van der Waals surface area (Å²) in [5.41, 5.74) is 2.61. The lowest BCUT2D eigenvalue weighted by Crippen LogP contribution is -2.08. The van der Waals surface area contributed by atoms with Gasteiger partial charge in [-0.2, -0.15) is 8.42 Å². The Morgan fingerprint density at radius 2 is 1.93 bits per heavy atom. The Morgan fingerprint density at radius 1 is 1.29 bits per heavy atom. The van der Waals surface area contributed by atoms with Crippen LogP contribution in [-0.2, 0) is 9.06 Å². The van der Waals surface area contributed by atoms with Gasteiger partial charge >= 0.3 is 0 Å². The molecule has 5 heteroatoms. The van der Waals surface area contributed by atoms with Gasteiger partial charge < -0.3 is 0 Å². The van der Waals surface area contributed by atoms with E-state index >= 15 is 0 Å². The van der Waals surface area contributed by atoms with Gasteiger partial charge in [0.2, 0.25) is 0 Å². The molecule has 3 nitrogen and oxygen atoms in total. The zero-order valence-electron chi connectivity index (χ0n) is 8.37. The van der Waals surface area contributed by atoms with Crippen molar-refractivity contribution in [1.29, 1.82) is 0 Å². The Bertz CT molecular complexity index is 426. The van der Waals surface area contributed by atoms with Gasteiger partial charge in [-0.05, 0) is 48.1 Å². The second-order valence-electron chi connectivity index (χ2n) is 3.04. The molecule has 1 aromatic rings. The summed E-state index contributed by atoms with van der Waals surface area (Å²) in [5.74, 6) is 0. The molecule has 14 heavy (non-hydrogen) atoms. The van der Waals surface area contributed by atoms with Crippen molar-refractivity contribution < 1.29 is 8.42 Å². The van der Waals surface area contributed by atoms with Gasteiger partial charge in [0.1, 0.15) is 0 Å². The second kappa shape index (κ2) is 4.23. The smallest absolute Gasteiger partial charge is 0.275 e. The first kappa shape index (κ1) is 11.4. The number of anilines is 1. The summed E-state index contributed by atoms with van der Waals surface area (Å²) in [4.78, 5) is 0. The van der Waals surface area contributed by atoms with Crippen molar-refractivity contribution in [3.63, 3.8) is 0 Å². The molecular formula is C9H13NO2S2. The van der Waals surface area contributed by atoms with Crippen LogP contribution < -0.4 is 4.72 Å². The predicted molar refractivity (Wildman–Crippen MR) is 62.0 cm³/mol. The molecule has 0 aliphatic rings. The third-order valence-electron chi connectivity index (χ3n) is 1.85. The van der Waals surface area contributed by atoms with E-state index in [9.17, 15) is 8.42 Å². The standard InChI is InChI=1S/C9H13NO2S2/c1-7-4-5-8(2)9(6-7)10-14(11,12)13-3/h4-6,10H,1-3H3.